The lowest BCUT2D eigenvalue weighted by Crippen LogP contribution is -2.09. The zero-order valence-electron chi connectivity index (χ0n) is 18.6. The normalized spacial score (nSPS) is 11.2. The van der Waals surface area contributed by atoms with E-state index in [0.29, 0.717) is 22.0 Å². The number of carbonyl (C=O) groups excluding carboxylic acids is 2. The molecule has 0 atom stereocenters. The topological polar surface area (TPSA) is 94.8 Å². The van der Waals surface area contributed by atoms with Gasteiger partial charge in [-0.3, -0.25) is 14.9 Å². The molecule has 0 unspecified atom stereocenters. The Morgan fingerprint density at radius 2 is 1.94 bits per heavy atom. The number of anilines is 1. The number of rotatable bonds is 6. The number of esters is 1. The highest BCUT2D eigenvalue weighted by Crippen LogP contribution is 2.30. The first-order valence-corrected chi connectivity index (χ1v) is 11.0. The smallest absolute Gasteiger partial charge is 0.308 e. The fourth-order valence-corrected chi connectivity index (χ4v) is 4.19. The minimum atomic E-state index is -0.441. The van der Waals surface area contributed by atoms with Gasteiger partial charge >= 0.3 is 5.97 Å². The van der Waals surface area contributed by atoms with Crippen molar-refractivity contribution in [1.82, 2.24) is 14.6 Å². The molecule has 4 rings (SSSR count). The molecular formula is C24H22N4O4S. The van der Waals surface area contributed by atoms with E-state index in [9.17, 15) is 9.59 Å². The van der Waals surface area contributed by atoms with E-state index in [0.717, 1.165) is 16.8 Å². The molecule has 0 radical (unpaired) electrons. The minimum absolute atomic E-state index is 0.227. The Kier molecular flexibility index (Phi) is 6.23. The lowest BCUT2D eigenvalue weighted by molar-refractivity contribution is -0.132. The van der Waals surface area contributed by atoms with Crippen molar-refractivity contribution in [3.63, 3.8) is 0 Å². The minimum Gasteiger partial charge on any atom is -0.493 e. The number of hydrogen-bond donors (Lipinski definition) is 1. The molecule has 0 aliphatic carbocycles. The Hall–Kier alpha value is -3.98. The van der Waals surface area contributed by atoms with Crippen LogP contribution in [0.25, 0.3) is 22.3 Å². The van der Waals surface area contributed by atoms with Crippen LogP contribution in [0.1, 0.15) is 23.6 Å². The number of thiazole rings is 1. The van der Waals surface area contributed by atoms with Crippen LogP contribution in [-0.4, -0.2) is 33.6 Å². The van der Waals surface area contributed by atoms with Gasteiger partial charge in [-0.05, 0) is 43.2 Å². The molecule has 0 aliphatic rings. The van der Waals surface area contributed by atoms with Crippen LogP contribution in [0, 0.1) is 13.8 Å². The van der Waals surface area contributed by atoms with Crippen molar-refractivity contribution in [2.75, 3.05) is 12.4 Å². The Morgan fingerprint density at radius 3 is 2.67 bits per heavy atom. The molecule has 168 valence electrons. The van der Waals surface area contributed by atoms with Crippen molar-refractivity contribution in [3.8, 4) is 22.8 Å². The fraction of sp³-hybridized carbons (Fsp3) is 0.167. The summed E-state index contributed by atoms with van der Waals surface area (Å²) in [6, 6.07) is 11.2. The summed E-state index contributed by atoms with van der Waals surface area (Å²) in [5.74, 6) is 0.120. The molecule has 0 spiro atoms. The van der Waals surface area contributed by atoms with Gasteiger partial charge in [0.1, 0.15) is 0 Å². The quantitative estimate of drug-likeness (QED) is 0.254. The standard InChI is InChI=1S/C24H22N4O4S/c1-14-5-8-18(15(2)11-14)19-13-33-24-26-23(27-28(19)24)25-22(30)10-7-17-6-9-20(32-16(3)29)21(12-17)31-4/h5-13H,1-4H3,(H,25,27,30)/b10-7+. The van der Waals surface area contributed by atoms with E-state index in [1.165, 1.54) is 37.0 Å². The third-order valence-corrected chi connectivity index (χ3v) is 5.66. The Bertz CT molecular complexity index is 1390. The second-order valence-corrected chi connectivity index (χ2v) is 8.23. The number of nitrogens with zero attached hydrogens (tertiary/aromatic N) is 3. The second-order valence-electron chi connectivity index (χ2n) is 7.40. The number of aryl methyl sites for hydroxylation is 2. The van der Waals surface area contributed by atoms with Crippen LogP contribution in [0.3, 0.4) is 0 Å². The monoisotopic (exact) mass is 462 g/mol. The SMILES string of the molecule is COc1cc(/C=C/C(=O)Nc2nc3scc(-c4ccc(C)cc4C)n3n2)ccc1OC(C)=O. The third kappa shape index (κ3) is 4.93. The molecule has 1 N–H and O–H groups in total. The van der Waals surface area contributed by atoms with Gasteiger partial charge in [0.05, 0.1) is 12.8 Å². The Balaban J connectivity index is 1.50. The summed E-state index contributed by atoms with van der Waals surface area (Å²) >= 11 is 1.46. The van der Waals surface area contributed by atoms with Crippen molar-refractivity contribution in [3.05, 3.63) is 64.5 Å². The van der Waals surface area contributed by atoms with Crippen LogP contribution in [0.15, 0.2) is 47.9 Å². The van der Waals surface area contributed by atoms with Gasteiger partial charge in [-0.15, -0.1) is 16.4 Å². The number of carbonyl (C=O) groups is 2. The highest BCUT2D eigenvalue weighted by molar-refractivity contribution is 7.15. The second kappa shape index (κ2) is 9.25. The van der Waals surface area contributed by atoms with E-state index in [4.69, 9.17) is 9.47 Å². The average Bonchev–Trinajstić information content (AvgIpc) is 3.33. The fourth-order valence-electron chi connectivity index (χ4n) is 3.37. The molecule has 0 fully saturated rings. The largest absolute Gasteiger partial charge is 0.493 e. The van der Waals surface area contributed by atoms with Crippen LogP contribution in [0.2, 0.25) is 0 Å². The van der Waals surface area contributed by atoms with Gasteiger partial charge in [0.2, 0.25) is 4.96 Å². The van der Waals surface area contributed by atoms with Gasteiger partial charge in [-0.1, -0.05) is 29.8 Å². The zero-order chi connectivity index (χ0) is 23.5. The van der Waals surface area contributed by atoms with Crippen molar-refractivity contribution in [2.24, 2.45) is 0 Å². The molecule has 2 heterocycles. The maximum Gasteiger partial charge on any atom is 0.308 e. The highest BCUT2D eigenvalue weighted by Gasteiger charge is 2.14. The van der Waals surface area contributed by atoms with Gasteiger partial charge in [0.15, 0.2) is 11.5 Å². The summed E-state index contributed by atoms with van der Waals surface area (Å²) in [7, 11) is 1.48. The average molecular weight is 463 g/mol. The maximum absolute atomic E-state index is 12.4. The van der Waals surface area contributed by atoms with E-state index in [-0.39, 0.29) is 11.9 Å². The molecular weight excluding hydrogens is 440 g/mol. The first-order chi connectivity index (χ1) is 15.8. The maximum atomic E-state index is 12.4. The number of nitrogens with one attached hydrogen (secondary N) is 1. The van der Waals surface area contributed by atoms with Gasteiger partial charge < -0.3 is 9.47 Å². The number of aromatic nitrogens is 3. The molecule has 8 nitrogen and oxygen atoms in total. The molecule has 1 amide bonds. The van der Waals surface area contributed by atoms with Gasteiger partial charge in [-0.25, -0.2) is 4.52 Å². The lowest BCUT2D eigenvalue weighted by atomic mass is 10.0. The molecule has 33 heavy (non-hydrogen) atoms. The van der Waals surface area contributed by atoms with E-state index in [1.807, 2.05) is 5.38 Å². The van der Waals surface area contributed by atoms with Gasteiger partial charge in [0.25, 0.3) is 11.9 Å². The molecule has 4 aromatic rings. The molecule has 0 saturated heterocycles. The van der Waals surface area contributed by atoms with Gasteiger partial charge in [-0.2, -0.15) is 4.98 Å². The van der Waals surface area contributed by atoms with E-state index >= 15 is 0 Å². The van der Waals surface area contributed by atoms with Crippen LogP contribution in [0.4, 0.5) is 5.95 Å². The van der Waals surface area contributed by atoms with Crippen LogP contribution >= 0.6 is 11.3 Å². The molecule has 0 aliphatic heterocycles. The lowest BCUT2D eigenvalue weighted by Gasteiger charge is -2.08. The number of fused-ring (bicyclic) bond motifs is 1. The highest BCUT2D eigenvalue weighted by atomic mass is 32.1. The number of hydrogen-bond acceptors (Lipinski definition) is 7. The summed E-state index contributed by atoms with van der Waals surface area (Å²) in [6.07, 6.45) is 3.00. The Morgan fingerprint density at radius 1 is 1.12 bits per heavy atom. The first-order valence-electron chi connectivity index (χ1n) is 10.1. The molecule has 0 bridgehead atoms. The Labute approximate surface area is 194 Å². The van der Waals surface area contributed by atoms with Crippen LogP contribution in [0.5, 0.6) is 11.5 Å². The number of amides is 1. The summed E-state index contributed by atoms with van der Waals surface area (Å²) in [6.45, 7) is 5.43. The summed E-state index contributed by atoms with van der Waals surface area (Å²) in [5.41, 5.74) is 5.04. The summed E-state index contributed by atoms with van der Waals surface area (Å²) in [4.78, 5) is 28.7. The third-order valence-electron chi connectivity index (χ3n) is 4.84. The zero-order valence-corrected chi connectivity index (χ0v) is 19.4. The number of benzene rings is 2. The van der Waals surface area contributed by atoms with E-state index in [2.05, 4.69) is 47.4 Å². The van der Waals surface area contributed by atoms with Crippen LogP contribution < -0.4 is 14.8 Å². The van der Waals surface area contributed by atoms with Gasteiger partial charge in [0, 0.05) is 23.9 Å². The van der Waals surface area contributed by atoms with Crippen molar-refractivity contribution >= 4 is 40.2 Å². The van der Waals surface area contributed by atoms with Crippen molar-refractivity contribution in [1.29, 1.82) is 0 Å². The molecule has 0 saturated carbocycles. The molecule has 2 aromatic carbocycles. The predicted molar refractivity (Wildman–Crippen MR) is 128 cm³/mol. The van der Waals surface area contributed by atoms with E-state index < -0.39 is 5.97 Å². The first kappa shape index (κ1) is 22.2. The summed E-state index contributed by atoms with van der Waals surface area (Å²) < 4.78 is 12.1. The van der Waals surface area contributed by atoms with E-state index in [1.54, 1.807) is 28.8 Å². The van der Waals surface area contributed by atoms with Crippen LogP contribution in [-0.2, 0) is 9.59 Å². The van der Waals surface area contributed by atoms with Crippen molar-refractivity contribution < 1.29 is 19.1 Å². The predicted octanol–water partition coefficient (Wildman–Crippen LogP) is 4.66. The molecule has 9 heteroatoms. The summed E-state index contributed by atoms with van der Waals surface area (Å²) in [5, 5.41) is 9.15. The number of methoxy groups -OCH3 is 1. The van der Waals surface area contributed by atoms with Crippen molar-refractivity contribution in [2.45, 2.75) is 20.8 Å². The number of ether oxygens (including phenoxy) is 2. The molecule has 2 aromatic heterocycles.